The third-order valence-corrected chi connectivity index (χ3v) is 1.07. The number of hydrogen-bond donors (Lipinski definition) is 0. The van der Waals surface area contributed by atoms with Gasteiger partial charge in [0, 0.05) is 12.5 Å². The van der Waals surface area contributed by atoms with Crippen molar-refractivity contribution in [2.24, 2.45) is 0 Å². The maximum atomic E-state index is 12.1. The van der Waals surface area contributed by atoms with Gasteiger partial charge in [-0.05, 0) is 0 Å². The van der Waals surface area contributed by atoms with Crippen molar-refractivity contribution >= 4 is 5.97 Å². The van der Waals surface area contributed by atoms with Gasteiger partial charge in [0.2, 0.25) is 0 Å². The number of carbonyl (C=O) groups excluding carboxylic acids is 1. The summed E-state index contributed by atoms with van der Waals surface area (Å²) in [6, 6.07) is 0. The summed E-state index contributed by atoms with van der Waals surface area (Å²) in [6.07, 6.45) is 0.0523. The van der Waals surface area contributed by atoms with Crippen molar-refractivity contribution in [1.82, 2.24) is 0 Å². The Morgan fingerprint density at radius 1 is 1.58 bits per heavy atom. The highest BCUT2D eigenvalue weighted by Gasteiger charge is 2.28. The third-order valence-electron chi connectivity index (χ3n) is 1.07. The van der Waals surface area contributed by atoms with Crippen molar-refractivity contribution in [3.8, 4) is 0 Å². The molecule has 0 aliphatic heterocycles. The van der Waals surface area contributed by atoms with Crippen LogP contribution in [0.5, 0.6) is 0 Å². The molecule has 0 saturated carbocycles. The molecule has 0 aromatic heterocycles. The molecule has 5 heteroatoms. The summed E-state index contributed by atoms with van der Waals surface area (Å²) in [4.78, 5) is 10.3. The molecule has 0 aliphatic carbocycles. The molecule has 0 aliphatic rings. The Kier molecular flexibility index (Phi) is 4.39. The molecule has 70 valence electrons. The molecule has 0 N–H and O–H groups in total. The molecule has 0 aromatic rings. The van der Waals surface area contributed by atoms with E-state index in [1.54, 1.807) is 0 Å². The predicted molar refractivity (Wildman–Crippen MR) is 36.7 cm³/mol. The van der Waals surface area contributed by atoms with Crippen LogP contribution in [0.1, 0.15) is 6.42 Å². The van der Waals surface area contributed by atoms with Crippen LogP contribution in [0, 0.1) is 0 Å². The maximum Gasteiger partial charge on any atom is 0.330 e. The Labute approximate surface area is 68.0 Å². The molecule has 0 aromatic carbocycles. The fourth-order valence-electron chi connectivity index (χ4n) is 0.427. The first-order valence-corrected chi connectivity index (χ1v) is 3.25. The number of ether oxygens (including phenoxy) is 1. The van der Waals surface area contributed by atoms with Crippen LogP contribution in [0.4, 0.5) is 13.2 Å². The van der Waals surface area contributed by atoms with Crippen LogP contribution in [0.3, 0.4) is 0 Å². The van der Waals surface area contributed by atoms with Crippen molar-refractivity contribution < 1.29 is 22.7 Å². The van der Waals surface area contributed by atoms with E-state index in [1.165, 1.54) is 0 Å². The molecule has 0 fully saturated rings. The molecule has 0 spiro atoms. The van der Waals surface area contributed by atoms with Crippen molar-refractivity contribution in [3.63, 3.8) is 0 Å². The van der Waals surface area contributed by atoms with E-state index in [4.69, 9.17) is 0 Å². The Morgan fingerprint density at radius 3 is 2.58 bits per heavy atom. The van der Waals surface area contributed by atoms with Gasteiger partial charge in [-0.2, -0.15) is 0 Å². The Balaban J connectivity index is 3.56. The molecule has 0 rings (SSSR count). The second kappa shape index (κ2) is 4.79. The first kappa shape index (κ1) is 11.0. The topological polar surface area (TPSA) is 26.3 Å². The monoisotopic (exact) mass is 182 g/mol. The second-order valence-corrected chi connectivity index (χ2v) is 2.11. The van der Waals surface area contributed by atoms with Crippen LogP contribution in [-0.2, 0) is 9.53 Å². The average Bonchev–Trinajstić information content (AvgIpc) is 2.04. The van der Waals surface area contributed by atoms with Crippen molar-refractivity contribution in [3.05, 3.63) is 12.7 Å². The van der Waals surface area contributed by atoms with E-state index in [2.05, 4.69) is 11.3 Å². The van der Waals surface area contributed by atoms with Gasteiger partial charge >= 0.3 is 5.97 Å². The molecule has 0 unspecified atom stereocenters. The van der Waals surface area contributed by atoms with Gasteiger partial charge in [-0.3, -0.25) is 0 Å². The summed E-state index contributed by atoms with van der Waals surface area (Å²) in [6.45, 7) is 0.824. The van der Waals surface area contributed by atoms with Crippen LogP contribution in [0.25, 0.3) is 0 Å². The van der Waals surface area contributed by atoms with Gasteiger partial charge in [-0.25, -0.2) is 18.0 Å². The van der Waals surface area contributed by atoms with E-state index < -0.39 is 31.6 Å². The minimum atomic E-state index is -3.40. The summed E-state index contributed by atoms with van der Waals surface area (Å²) in [5.41, 5.74) is 0. The lowest BCUT2D eigenvalue weighted by Gasteiger charge is -2.10. The highest BCUT2D eigenvalue weighted by molar-refractivity contribution is 5.81. The van der Waals surface area contributed by atoms with Gasteiger partial charge in [0.15, 0.2) is 6.67 Å². The molecular formula is C7H9F3O2. The molecule has 12 heavy (non-hydrogen) atoms. The number of carbonyl (C=O) groups is 1. The van der Waals surface area contributed by atoms with Crippen LogP contribution in [0.15, 0.2) is 12.7 Å². The molecule has 0 bridgehead atoms. The molecule has 0 saturated heterocycles. The molecule has 0 amide bonds. The summed E-state index contributed by atoms with van der Waals surface area (Å²) in [5.74, 6) is -4.19. The van der Waals surface area contributed by atoms with E-state index in [0.29, 0.717) is 0 Å². The van der Waals surface area contributed by atoms with Crippen molar-refractivity contribution in [2.45, 2.75) is 12.3 Å². The van der Waals surface area contributed by atoms with Crippen molar-refractivity contribution in [2.75, 3.05) is 13.3 Å². The first-order valence-electron chi connectivity index (χ1n) is 3.25. The minimum absolute atomic E-state index is 0.498. The summed E-state index contributed by atoms with van der Waals surface area (Å²) in [5, 5.41) is 0. The van der Waals surface area contributed by atoms with Crippen molar-refractivity contribution in [1.29, 1.82) is 0 Å². The number of esters is 1. The van der Waals surface area contributed by atoms with Crippen LogP contribution < -0.4 is 0 Å². The SMILES string of the molecule is C=CC(=O)OCCC(F)(F)CF. The molecule has 0 radical (unpaired) electrons. The zero-order chi connectivity index (χ0) is 9.61. The lowest BCUT2D eigenvalue weighted by Crippen LogP contribution is -2.21. The normalized spacial score (nSPS) is 10.9. The summed E-state index contributed by atoms with van der Waals surface area (Å²) in [7, 11) is 0. The lowest BCUT2D eigenvalue weighted by molar-refractivity contribution is -0.140. The predicted octanol–water partition coefficient (Wildman–Crippen LogP) is 1.71. The third kappa shape index (κ3) is 4.76. The van der Waals surface area contributed by atoms with Gasteiger partial charge in [-0.15, -0.1) is 0 Å². The van der Waals surface area contributed by atoms with E-state index >= 15 is 0 Å². The van der Waals surface area contributed by atoms with Crippen LogP contribution >= 0.6 is 0 Å². The van der Waals surface area contributed by atoms with E-state index in [0.717, 1.165) is 6.08 Å². The highest BCUT2D eigenvalue weighted by atomic mass is 19.3. The zero-order valence-corrected chi connectivity index (χ0v) is 6.36. The van der Waals surface area contributed by atoms with Gasteiger partial charge in [-0.1, -0.05) is 6.58 Å². The second-order valence-electron chi connectivity index (χ2n) is 2.11. The lowest BCUT2D eigenvalue weighted by atomic mass is 10.3. The maximum absolute atomic E-state index is 12.1. The molecule has 2 nitrogen and oxygen atoms in total. The smallest absolute Gasteiger partial charge is 0.330 e. The molecular weight excluding hydrogens is 173 g/mol. The van der Waals surface area contributed by atoms with Crippen LogP contribution in [-0.4, -0.2) is 25.2 Å². The zero-order valence-electron chi connectivity index (χ0n) is 6.36. The van der Waals surface area contributed by atoms with Gasteiger partial charge in [0.1, 0.15) is 0 Å². The van der Waals surface area contributed by atoms with E-state index in [-0.39, 0.29) is 0 Å². The molecule has 0 heterocycles. The number of alkyl halides is 3. The largest absolute Gasteiger partial charge is 0.462 e. The molecule has 0 atom stereocenters. The minimum Gasteiger partial charge on any atom is -0.462 e. The summed E-state index contributed by atoms with van der Waals surface area (Å²) < 4.78 is 39.9. The number of hydrogen-bond acceptors (Lipinski definition) is 2. The number of rotatable bonds is 5. The quantitative estimate of drug-likeness (QED) is 0.478. The van der Waals surface area contributed by atoms with Crippen LogP contribution in [0.2, 0.25) is 0 Å². The van der Waals surface area contributed by atoms with Gasteiger partial charge in [0.25, 0.3) is 5.92 Å². The fraction of sp³-hybridized carbons (Fsp3) is 0.571. The standard InChI is InChI=1S/C7H9F3O2/c1-2-6(11)12-4-3-7(9,10)5-8/h2H,1,3-5H2. The highest BCUT2D eigenvalue weighted by Crippen LogP contribution is 2.18. The Bertz CT molecular complexity index is 168. The van der Waals surface area contributed by atoms with Gasteiger partial charge < -0.3 is 4.74 Å². The fourth-order valence-corrected chi connectivity index (χ4v) is 0.427. The van der Waals surface area contributed by atoms with E-state index in [9.17, 15) is 18.0 Å². The van der Waals surface area contributed by atoms with E-state index in [1.807, 2.05) is 0 Å². The Morgan fingerprint density at radius 2 is 2.17 bits per heavy atom. The average molecular weight is 182 g/mol. The first-order chi connectivity index (χ1) is 5.52. The summed E-state index contributed by atoms with van der Waals surface area (Å²) >= 11 is 0. The van der Waals surface area contributed by atoms with Gasteiger partial charge in [0.05, 0.1) is 6.61 Å². The number of halogens is 3. The Hall–Kier alpha value is -1.00.